The number of halogens is 1. The number of nitrogens with one attached hydrogen (secondary N) is 3. The zero-order chi connectivity index (χ0) is 21.3. The number of aromatic nitrogens is 2. The number of hydrogen-bond acceptors (Lipinski definition) is 4. The van der Waals surface area contributed by atoms with E-state index in [0.29, 0.717) is 34.9 Å². The molecule has 2 fully saturated rings. The monoisotopic (exact) mass is 416 g/mol. The van der Waals surface area contributed by atoms with Crippen LogP contribution in [0.15, 0.2) is 42.7 Å². The van der Waals surface area contributed by atoms with E-state index in [-0.39, 0.29) is 17.7 Å². The maximum atomic E-state index is 15.2. The fraction of sp³-hybridized carbons (Fsp3) is 0.333. The molecule has 0 amide bonds. The Labute approximate surface area is 179 Å². The number of H-pyrrole nitrogens is 1. The molecule has 158 valence electrons. The normalized spacial score (nSPS) is 28.9. The zero-order valence-corrected chi connectivity index (χ0v) is 17.0. The highest BCUT2D eigenvalue weighted by Gasteiger charge is 2.54. The van der Waals surface area contributed by atoms with Gasteiger partial charge in [0.05, 0.1) is 23.4 Å². The van der Waals surface area contributed by atoms with Gasteiger partial charge in [0.15, 0.2) is 0 Å². The first-order valence-corrected chi connectivity index (χ1v) is 10.9. The lowest BCUT2D eigenvalue weighted by Crippen LogP contribution is -2.36. The highest BCUT2D eigenvalue weighted by molar-refractivity contribution is 6.20. The fourth-order valence-corrected chi connectivity index (χ4v) is 6.59. The second-order valence-corrected chi connectivity index (χ2v) is 9.15. The van der Waals surface area contributed by atoms with Gasteiger partial charge in [0.1, 0.15) is 11.7 Å². The molecule has 1 aliphatic heterocycles. The summed E-state index contributed by atoms with van der Waals surface area (Å²) < 4.78 is 15.2. The van der Waals surface area contributed by atoms with E-state index in [0.717, 1.165) is 27.6 Å². The van der Waals surface area contributed by atoms with E-state index in [2.05, 4.69) is 27.6 Å². The number of fused-ring (bicyclic) bond motifs is 9. The molecule has 0 radical (unpaired) electrons. The number of hydrogen-bond donors (Lipinski definition) is 5. The van der Waals surface area contributed by atoms with Gasteiger partial charge in [0.25, 0.3) is 0 Å². The van der Waals surface area contributed by atoms with Gasteiger partial charge in [-0.15, -0.1) is 0 Å². The average Bonchev–Trinajstić information content (AvgIpc) is 3.50. The summed E-state index contributed by atoms with van der Waals surface area (Å²) in [5, 5.41) is 19.5. The zero-order valence-electron chi connectivity index (χ0n) is 17.0. The van der Waals surface area contributed by atoms with Crippen LogP contribution in [0.2, 0.25) is 0 Å². The summed E-state index contributed by atoms with van der Waals surface area (Å²) in [5.41, 5.74) is 16.3. The first kappa shape index (κ1) is 18.4. The first-order chi connectivity index (χ1) is 15.1. The third kappa shape index (κ3) is 2.55. The van der Waals surface area contributed by atoms with Crippen LogP contribution >= 0.6 is 0 Å². The molecule has 1 aromatic heterocycles. The van der Waals surface area contributed by atoms with Crippen molar-refractivity contribution in [3.8, 4) is 0 Å². The number of amidine groups is 1. The lowest BCUT2D eigenvalue weighted by Gasteiger charge is -2.44. The molecule has 3 aromatic rings. The predicted octanol–water partition coefficient (Wildman–Crippen LogP) is 4.23. The van der Waals surface area contributed by atoms with Gasteiger partial charge in [-0.25, -0.2) is 4.39 Å². The van der Waals surface area contributed by atoms with Crippen molar-refractivity contribution < 1.29 is 4.39 Å². The largest absolute Gasteiger partial charge is 0.404 e. The topological polar surface area (TPSA) is 117 Å². The van der Waals surface area contributed by atoms with Gasteiger partial charge in [-0.2, -0.15) is 5.10 Å². The molecule has 3 aliphatic rings. The van der Waals surface area contributed by atoms with Crippen molar-refractivity contribution in [2.45, 2.75) is 31.2 Å². The number of rotatable bonds is 3. The molecule has 2 aliphatic carbocycles. The van der Waals surface area contributed by atoms with Gasteiger partial charge in [-0.05, 0) is 59.6 Å². The molecule has 6 rings (SSSR count). The van der Waals surface area contributed by atoms with E-state index < -0.39 is 0 Å². The second-order valence-electron chi connectivity index (χ2n) is 9.15. The summed E-state index contributed by atoms with van der Waals surface area (Å²) in [6.07, 6.45) is 6.88. The second kappa shape index (κ2) is 6.57. The number of benzene rings is 2. The summed E-state index contributed by atoms with van der Waals surface area (Å²) in [6, 6.07) is 9.61. The van der Waals surface area contributed by atoms with Crippen LogP contribution in [0, 0.1) is 29.0 Å². The molecule has 2 aromatic carbocycles. The van der Waals surface area contributed by atoms with Crippen LogP contribution in [0.3, 0.4) is 0 Å². The molecule has 5 atom stereocenters. The van der Waals surface area contributed by atoms with E-state index in [1.165, 1.54) is 25.5 Å². The lowest BCUT2D eigenvalue weighted by molar-refractivity contribution is 0.247. The highest BCUT2D eigenvalue weighted by atomic mass is 19.1. The molecule has 2 heterocycles. The minimum Gasteiger partial charge on any atom is -0.404 e. The van der Waals surface area contributed by atoms with Crippen LogP contribution in [0.25, 0.3) is 16.5 Å². The molecule has 31 heavy (non-hydrogen) atoms. The van der Waals surface area contributed by atoms with Gasteiger partial charge >= 0.3 is 0 Å². The number of nitrogens with zero attached hydrogens (tertiary/aromatic N) is 1. The minimum atomic E-state index is -0.223. The molecule has 6 nitrogen and oxygen atoms in total. The summed E-state index contributed by atoms with van der Waals surface area (Å²) >= 11 is 0. The molecule has 7 heteroatoms. The van der Waals surface area contributed by atoms with Gasteiger partial charge in [-0.1, -0.05) is 24.3 Å². The van der Waals surface area contributed by atoms with Crippen molar-refractivity contribution in [1.82, 2.24) is 10.2 Å². The van der Waals surface area contributed by atoms with Crippen LogP contribution < -0.4 is 16.8 Å². The molecular weight excluding hydrogens is 391 g/mol. The summed E-state index contributed by atoms with van der Waals surface area (Å²) in [5.74, 6) is 1.73. The van der Waals surface area contributed by atoms with E-state index in [1.807, 2.05) is 18.3 Å². The molecule has 2 saturated carbocycles. The maximum Gasteiger partial charge on any atom is 0.148 e. The third-order valence-electron chi connectivity index (χ3n) is 7.77. The van der Waals surface area contributed by atoms with E-state index >= 15 is 4.39 Å². The Balaban J connectivity index is 1.47. The van der Waals surface area contributed by atoms with Crippen molar-refractivity contribution in [3.05, 3.63) is 65.2 Å². The van der Waals surface area contributed by atoms with Gasteiger partial charge in [-0.3, -0.25) is 10.5 Å². The molecule has 2 bridgehead atoms. The third-order valence-corrected chi connectivity index (χ3v) is 7.77. The standard InChI is InChI=1S/C24H25FN6/c25-17-8-18-16(10-29-31-18)21-19-13-5-6-14(7-13)20(19)22(30-23(17)21)12-3-1-11(2-4-12)15(9-26)24(27)28/h1-4,8-10,13-14,19-20,22,30H,5-7,26H2,(H3,27,28)(H,29,31)/b15-9-. The Morgan fingerprint density at radius 1 is 1.19 bits per heavy atom. The Morgan fingerprint density at radius 2 is 1.97 bits per heavy atom. The SMILES string of the molecule is N=C(N)/C(=C\N)c1ccc(C2Nc3c(F)cc4[nH]ncc4c3C3C4CCC(C4)C23)cc1. The smallest absolute Gasteiger partial charge is 0.148 e. The molecular formula is C24H25FN6. The number of anilines is 1. The summed E-state index contributed by atoms with van der Waals surface area (Å²) in [4.78, 5) is 0. The average molecular weight is 417 g/mol. The van der Waals surface area contributed by atoms with Crippen LogP contribution in [0.5, 0.6) is 0 Å². The molecule has 0 saturated heterocycles. The van der Waals surface area contributed by atoms with Crippen molar-refractivity contribution in [1.29, 1.82) is 5.41 Å². The molecule has 7 N–H and O–H groups in total. The van der Waals surface area contributed by atoms with E-state index in [9.17, 15) is 0 Å². The molecule has 0 spiro atoms. The van der Waals surface area contributed by atoms with Crippen molar-refractivity contribution in [3.63, 3.8) is 0 Å². The Kier molecular flexibility index (Phi) is 3.91. The van der Waals surface area contributed by atoms with Gasteiger partial charge < -0.3 is 16.8 Å². The first-order valence-electron chi connectivity index (χ1n) is 10.9. The van der Waals surface area contributed by atoms with Crippen LogP contribution in [0.4, 0.5) is 10.1 Å². The van der Waals surface area contributed by atoms with E-state index in [4.69, 9.17) is 16.9 Å². The quantitative estimate of drug-likeness (QED) is 0.324. The Morgan fingerprint density at radius 3 is 2.71 bits per heavy atom. The lowest BCUT2D eigenvalue weighted by atomic mass is 9.67. The van der Waals surface area contributed by atoms with Gasteiger partial charge in [0.2, 0.25) is 0 Å². The maximum absolute atomic E-state index is 15.2. The van der Waals surface area contributed by atoms with Crippen LogP contribution in [-0.2, 0) is 0 Å². The van der Waals surface area contributed by atoms with E-state index in [1.54, 1.807) is 6.07 Å². The van der Waals surface area contributed by atoms with Crippen LogP contribution in [-0.4, -0.2) is 16.0 Å². The number of aromatic amines is 1. The minimum absolute atomic E-state index is 0.0448. The fourth-order valence-electron chi connectivity index (χ4n) is 6.59. The van der Waals surface area contributed by atoms with Gasteiger partial charge in [0, 0.05) is 23.2 Å². The highest BCUT2D eigenvalue weighted by Crippen LogP contribution is 2.64. The van der Waals surface area contributed by atoms with Crippen LogP contribution in [0.1, 0.15) is 47.9 Å². The number of nitrogens with two attached hydrogens (primary N) is 2. The summed E-state index contributed by atoms with van der Waals surface area (Å²) in [7, 11) is 0. The molecule has 5 unspecified atom stereocenters. The Bertz CT molecular complexity index is 1230. The van der Waals surface area contributed by atoms with Crippen molar-refractivity contribution in [2.75, 3.05) is 5.32 Å². The van der Waals surface area contributed by atoms with Crippen molar-refractivity contribution in [2.24, 2.45) is 29.2 Å². The predicted molar refractivity (Wildman–Crippen MR) is 120 cm³/mol. The summed E-state index contributed by atoms with van der Waals surface area (Å²) in [6.45, 7) is 0. The van der Waals surface area contributed by atoms with Crippen molar-refractivity contribution >= 4 is 28.0 Å². The Hall–Kier alpha value is -3.35.